The molecule has 1 heterocycles. The van der Waals surface area contributed by atoms with Crippen LogP contribution in [-0.4, -0.2) is 35.1 Å². The molecule has 0 aromatic heterocycles. The van der Waals surface area contributed by atoms with Crippen molar-refractivity contribution in [2.45, 2.75) is 26.0 Å². The van der Waals surface area contributed by atoms with E-state index in [0.29, 0.717) is 22.6 Å². The number of halogens is 1. The van der Waals surface area contributed by atoms with Crippen molar-refractivity contribution in [2.75, 3.05) is 12.0 Å². The van der Waals surface area contributed by atoms with Crippen molar-refractivity contribution in [2.24, 2.45) is 0 Å². The molecule has 0 aliphatic carbocycles. The monoisotopic (exact) mass is 493 g/mol. The van der Waals surface area contributed by atoms with Crippen molar-refractivity contribution in [1.29, 1.82) is 0 Å². The number of methoxy groups -OCH3 is 1. The Morgan fingerprint density at radius 3 is 2.40 bits per heavy atom. The summed E-state index contributed by atoms with van der Waals surface area (Å²) in [5.74, 6) is -1.71. The van der Waals surface area contributed by atoms with Gasteiger partial charge in [0.25, 0.3) is 11.7 Å². The van der Waals surface area contributed by atoms with Crippen molar-refractivity contribution in [1.82, 2.24) is 0 Å². The van der Waals surface area contributed by atoms with Crippen molar-refractivity contribution in [3.05, 3.63) is 88.5 Å². The molecule has 2 N–H and O–H groups in total. The summed E-state index contributed by atoms with van der Waals surface area (Å²) in [5, 5.41) is 21.5. The Morgan fingerprint density at radius 2 is 1.74 bits per heavy atom. The highest BCUT2D eigenvalue weighted by Crippen LogP contribution is 2.46. The Bertz CT molecular complexity index is 1320. The fraction of sp³-hybridized carbons (Fsp3) is 0.185. The SMILES string of the molecule is COc1cc(C2/C(=C(\O)c3cccc(OC(C)C)c3)C(=O)C(=O)N2c2ccccc2)cc(Cl)c1O. The molecule has 1 atom stereocenters. The van der Waals surface area contributed by atoms with Crippen LogP contribution in [0.25, 0.3) is 5.76 Å². The topological polar surface area (TPSA) is 96.3 Å². The standard InChI is InChI=1S/C27H24ClNO6/c1-15(2)35-19-11-7-8-16(12-19)24(30)22-23(17-13-20(28)25(31)21(14-17)34-3)29(27(33)26(22)32)18-9-5-4-6-10-18/h4-15,23,30-31H,1-3H3/b24-22+. The largest absolute Gasteiger partial charge is 0.507 e. The molecule has 3 aromatic carbocycles. The number of aromatic hydroxyl groups is 1. The van der Waals surface area contributed by atoms with Gasteiger partial charge >= 0.3 is 0 Å². The van der Waals surface area contributed by atoms with Crippen LogP contribution < -0.4 is 14.4 Å². The molecule has 35 heavy (non-hydrogen) atoms. The number of benzene rings is 3. The van der Waals surface area contributed by atoms with Gasteiger partial charge in [0.15, 0.2) is 11.5 Å². The number of rotatable bonds is 6. The lowest BCUT2D eigenvalue weighted by Crippen LogP contribution is -2.29. The highest BCUT2D eigenvalue weighted by atomic mass is 35.5. The van der Waals surface area contributed by atoms with Gasteiger partial charge in [-0.25, -0.2) is 0 Å². The molecule has 0 spiro atoms. The molecular formula is C27H24ClNO6. The maximum atomic E-state index is 13.3. The number of nitrogens with zero attached hydrogens (tertiary/aromatic N) is 1. The summed E-state index contributed by atoms with van der Waals surface area (Å²) in [5.41, 5.74) is 1.03. The number of anilines is 1. The van der Waals surface area contributed by atoms with Crippen LogP contribution in [0, 0.1) is 0 Å². The second-order valence-corrected chi connectivity index (χ2v) is 8.66. The lowest BCUT2D eigenvalue weighted by molar-refractivity contribution is -0.132. The van der Waals surface area contributed by atoms with E-state index in [1.54, 1.807) is 54.6 Å². The zero-order valence-corrected chi connectivity index (χ0v) is 20.1. The minimum atomic E-state index is -1.03. The second-order valence-electron chi connectivity index (χ2n) is 8.25. The van der Waals surface area contributed by atoms with Crippen LogP contribution in [0.2, 0.25) is 5.02 Å². The van der Waals surface area contributed by atoms with Crippen molar-refractivity contribution < 1.29 is 29.3 Å². The number of hydrogen-bond donors (Lipinski definition) is 2. The van der Waals surface area contributed by atoms with Crippen LogP contribution >= 0.6 is 11.6 Å². The van der Waals surface area contributed by atoms with Crippen molar-refractivity contribution in [3.63, 3.8) is 0 Å². The second kappa shape index (κ2) is 9.72. The van der Waals surface area contributed by atoms with Crippen molar-refractivity contribution in [3.8, 4) is 17.2 Å². The minimum absolute atomic E-state index is 0.0228. The molecule has 180 valence electrons. The maximum Gasteiger partial charge on any atom is 0.300 e. The van der Waals surface area contributed by atoms with E-state index in [9.17, 15) is 19.8 Å². The maximum absolute atomic E-state index is 13.3. The fourth-order valence-electron chi connectivity index (χ4n) is 4.05. The molecule has 3 aromatic rings. The number of ketones is 1. The molecule has 4 rings (SSSR count). The number of ether oxygens (including phenoxy) is 2. The molecule has 0 radical (unpaired) electrons. The first-order valence-corrected chi connectivity index (χ1v) is 11.3. The first-order valence-electron chi connectivity index (χ1n) is 10.9. The first kappa shape index (κ1) is 24.2. The number of hydrogen-bond acceptors (Lipinski definition) is 6. The number of carbonyl (C=O) groups excluding carboxylic acids is 2. The fourth-order valence-corrected chi connectivity index (χ4v) is 4.27. The van der Waals surface area contributed by atoms with E-state index >= 15 is 0 Å². The Balaban J connectivity index is 1.96. The lowest BCUT2D eigenvalue weighted by Gasteiger charge is -2.26. The van der Waals surface area contributed by atoms with Crippen LogP contribution in [0.4, 0.5) is 5.69 Å². The lowest BCUT2D eigenvalue weighted by atomic mass is 9.94. The highest BCUT2D eigenvalue weighted by Gasteiger charge is 2.47. The van der Waals surface area contributed by atoms with Crippen LogP contribution in [0.5, 0.6) is 17.2 Å². The minimum Gasteiger partial charge on any atom is -0.507 e. The molecule has 1 unspecified atom stereocenters. The summed E-state index contributed by atoms with van der Waals surface area (Å²) >= 11 is 6.24. The van der Waals surface area contributed by atoms with Crippen LogP contribution in [0.3, 0.4) is 0 Å². The molecule has 7 nitrogen and oxygen atoms in total. The van der Waals surface area contributed by atoms with Crippen LogP contribution in [0.1, 0.15) is 31.0 Å². The zero-order chi connectivity index (χ0) is 25.3. The number of carbonyl (C=O) groups is 2. The number of phenolic OH excluding ortho intramolecular Hbond substituents is 1. The van der Waals surface area contributed by atoms with Gasteiger partial charge in [-0.15, -0.1) is 0 Å². The third-order valence-electron chi connectivity index (χ3n) is 5.54. The summed E-state index contributed by atoms with van der Waals surface area (Å²) in [6.07, 6.45) is -0.0948. The van der Waals surface area contributed by atoms with Crippen LogP contribution in [-0.2, 0) is 9.59 Å². The Labute approximate surface area is 207 Å². The van der Waals surface area contributed by atoms with Gasteiger partial charge in [0.1, 0.15) is 11.5 Å². The van der Waals surface area contributed by atoms with E-state index in [-0.39, 0.29) is 34.0 Å². The molecule has 8 heteroatoms. The van der Waals surface area contributed by atoms with Gasteiger partial charge in [-0.1, -0.05) is 41.9 Å². The summed E-state index contributed by atoms with van der Waals surface area (Å²) < 4.78 is 11.0. The number of Topliss-reactive ketones (excluding diaryl/α,β-unsaturated/α-hetero) is 1. The number of aliphatic hydroxyl groups excluding tert-OH is 1. The molecule has 1 amide bonds. The summed E-state index contributed by atoms with van der Waals surface area (Å²) in [7, 11) is 1.36. The van der Waals surface area contributed by atoms with E-state index < -0.39 is 17.7 Å². The average molecular weight is 494 g/mol. The zero-order valence-electron chi connectivity index (χ0n) is 19.4. The van der Waals surface area contributed by atoms with E-state index in [1.807, 2.05) is 13.8 Å². The molecule has 1 saturated heterocycles. The molecule has 1 aliphatic rings. The van der Waals surface area contributed by atoms with Crippen LogP contribution in [0.15, 0.2) is 72.3 Å². The third-order valence-corrected chi connectivity index (χ3v) is 5.83. The van der Waals surface area contributed by atoms with Gasteiger partial charge in [0.2, 0.25) is 0 Å². The van der Waals surface area contributed by atoms with E-state index in [2.05, 4.69) is 0 Å². The number of phenols is 1. The van der Waals surface area contributed by atoms with Gasteiger partial charge in [-0.2, -0.15) is 0 Å². The van der Waals surface area contributed by atoms with Gasteiger partial charge in [-0.3, -0.25) is 14.5 Å². The summed E-state index contributed by atoms with van der Waals surface area (Å²) in [4.78, 5) is 27.8. The van der Waals surface area contributed by atoms with Crippen molar-refractivity contribution >= 4 is 34.7 Å². The van der Waals surface area contributed by atoms with Gasteiger partial charge < -0.3 is 19.7 Å². The molecule has 0 saturated carbocycles. The quantitative estimate of drug-likeness (QED) is 0.268. The predicted octanol–water partition coefficient (Wildman–Crippen LogP) is 5.47. The molecular weight excluding hydrogens is 470 g/mol. The molecule has 1 fully saturated rings. The number of amides is 1. The van der Waals surface area contributed by atoms with E-state index in [0.717, 1.165) is 0 Å². The molecule has 1 aliphatic heterocycles. The van der Waals surface area contributed by atoms with E-state index in [4.69, 9.17) is 21.1 Å². The Kier molecular flexibility index (Phi) is 6.71. The van der Waals surface area contributed by atoms with Gasteiger partial charge in [-0.05, 0) is 55.8 Å². The van der Waals surface area contributed by atoms with E-state index in [1.165, 1.54) is 24.1 Å². The smallest absolute Gasteiger partial charge is 0.300 e. The normalized spacial score (nSPS) is 17.2. The average Bonchev–Trinajstić information content (AvgIpc) is 3.11. The van der Waals surface area contributed by atoms with Gasteiger partial charge in [0.05, 0.1) is 29.9 Å². The Morgan fingerprint density at radius 1 is 1.03 bits per heavy atom. The predicted molar refractivity (Wildman–Crippen MR) is 133 cm³/mol. The summed E-state index contributed by atoms with van der Waals surface area (Å²) in [6, 6.07) is 17.2. The van der Waals surface area contributed by atoms with Gasteiger partial charge in [0, 0.05) is 11.3 Å². The Hall–Kier alpha value is -3.97. The number of para-hydroxylation sites is 1. The summed E-state index contributed by atoms with van der Waals surface area (Å²) in [6.45, 7) is 3.75. The first-order chi connectivity index (χ1) is 16.7. The third kappa shape index (κ3) is 4.55. The molecule has 0 bridgehead atoms. The highest BCUT2D eigenvalue weighted by molar-refractivity contribution is 6.51. The number of aliphatic hydroxyl groups is 1.